The number of hydrogen-bond acceptors (Lipinski definition) is 6. The minimum Gasteiger partial charge on any atom is -0.441 e. The first-order valence-corrected chi connectivity index (χ1v) is 11.2. The summed E-state index contributed by atoms with van der Waals surface area (Å²) in [4.78, 5) is 21.9. The molecule has 7 heteroatoms. The number of ether oxygens (including phenoxy) is 2. The summed E-state index contributed by atoms with van der Waals surface area (Å²) in [6.45, 7) is 8.91. The third kappa shape index (κ3) is 4.64. The van der Waals surface area contributed by atoms with Crippen LogP contribution in [-0.4, -0.2) is 117 Å². The van der Waals surface area contributed by atoms with Gasteiger partial charge in [0.1, 0.15) is 5.60 Å². The molecule has 1 atom stereocenters. The van der Waals surface area contributed by atoms with Crippen molar-refractivity contribution in [1.82, 2.24) is 19.6 Å². The lowest BCUT2D eigenvalue weighted by Gasteiger charge is -2.42. The van der Waals surface area contributed by atoms with Crippen molar-refractivity contribution >= 4 is 6.09 Å². The molecule has 0 aromatic heterocycles. The Bertz CT molecular complexity index is 530. The lowest BCUT2D eigenvalue weighted by Crippen LogP contribution is -2.51. The quantitative estimate of drug-likeness (QED) is 0.680. The average molecular weight is 395 g/mol. The third-order valence-electron chi connectivity index (χ3n) is 7.34. The molecule has 4 aliphatic rings. The highest BCUT2D eigenvalue weighted by Crippen LogP contribution is 2.34. The number of piperidine rings is 1. The van der Waals surface area contributed by atoms with Gasteiger partial charge >= 0.3 is 6.09 Å². The highest BCUT2D eigenvalue weighted by Gasteiger charge is 2.47. The molecule has 0 aromatic carbocycles. The Morgan fingerprint density at radius 1 is 1.07 bits per heavy atom. The largest absolute Gasteiger partial charge is 0.441 e. The van der Waals surface area contributed by atoms with E-state index in [1.54, 1.807) is 0 Å². The van der Waals surface area contributed by atoms with Gasteiger partial charge in [0, 0.05) is 64.3 Å². The maximum absolute atomic E-state index is 12.5. The Kier molecular flexibility index (Phi) is 6.45. The van der Waals surface area contributed by atoms with Crippen LogP contribution in [0.3, 0.4) is 0 Å². The van der Waals surface area contributed by atoms with Crippen LogP contribution in [0.2, 0.25) is 0 Å². The van der Waals surface area contributed by atoms with Gasteiger partial charge in [-0.15, -0.1) is 0 Å². The first-order valence-electron chi connectivity index (χ1n) is 11.2. The lowest BCUT2D eigenvalue weighted by molar-refractivity contribution is -0.0303. The van der Waals surface area contributed by atoms with Crippen LogP contribution in [0.1, 0.15) is 38.5 Å². The molecule has 160 valence electrons. The van der Waals surface area contributed by atoms with E-state index in [0.29, 0.717) is 12.1 Å². The molecule has 1 amide bonds. The lowest BCUT2D eigenvalue weighted by atomic mass is 9.89. The van der Waals surface area contributed by atoms with Crippen molar-refractivity contribution in [2.45, 2.75) is 56.2 Å². The van der Waals surface area contributed by atoms with Crippen LogP contribution < -0.4 is 0 Å². The van der Waals surface area contributed by atoms with Gasteiger partial charge in [-0.05, 0) is 52.9 Å². The van der Waals surface area contributed by atoms with Gasteiger partial charge < -0.3 is 24.2 Å². The Balaban J connectivity index is 1.19. The minimum absolute atomic E-state index is 0.0906. The molecule has 0 bridgehead atoms. The molecule has 4 aliphatic heterocycles. The van der Waals surface area contributed by atoms with Gasteiger partial charge in [-0.25, -0.2) is 4.79 Å². The topological polar surface area (TPSA) is 48.5 Å². The first-order chi connectivity index (χ1) is 13.5. The zero-order chi connectivity index (χ0) is 19.6. The summed E-state index contributed by atoms with van der Waals surface area (Å²) in [5, 5.41) is 0. The van der Waals surface area contributed by atoms with Crippen LogP contribution in [0.15, 0.2) is 0 Å². The predicted octanol–water partition coefficient (Wildman–Crippen LogP) is 1.48. The molecule has 4 rings (SSSR count). The maximum Gasteiger partial charge on any atom is 0.410 e. The summed E-state index contributed by atoms with van der Waals surface area (Å²) in [6, 6.07) is 1.34. The van der Waals surface area contributed by atoms with Gasteiger partial charge in [0.15, 0.2) is 0 Å². The molecule has 0 N–H and O–H groups in total. The number of hydrogen-bond donors (Lipinski definition) is 0. The van der Waals surface area contributed by atoms with Crippen LogP contribution in [0, 0.1) is 0 Å². The van der Waals surface area contributed by atoms with Crippen molar-refractivity contribution in [2.75, 3.05) is 73.1 Å². The second-order valence-electron chi connectivity index (χ2n) is 9.41. The summed E-state index contributed by atoms with van der Waals surface area (Å²) >= 11 is 0. The van der Waals surface area contributed by atoms with Crippen LogP contribution in [0.4, 0.5) is 4.79 Å². The van der Waals surface area contributed by atoms with E-state index < -0.39 is 0 Å². The molecule has 4 heterocycles. The molecule has 0 radical (unpaired) electrons. The minimum atomic E-state index is -0.234. The molecule has 0 saturated carbocycles. The van der Waals surface area contributed by atoms with Crippen LogP contribution in [0.5, 0.6) is 0 Å². The second-order valence-corrected chi connectivity index (χ2v) is 9.41. The number of likely N-dealkylation sites (N-methyl/N-ethyl adjacent to an activating group) is 1. The molecular weight excluding hydrogens is 356 g/mol. The smallest absolute Gasteiger partial charge is 0.410 e. The average Bonchev–Trinajstić information content (AvgIpc) is 3.29. The molecular formula is C21H38N4O3. The second kappa shape index (κ2) is 8.86. The number of likely N-dealkylation sites (tertiary alicyclic amines) is 2. The Morgan fingerprint density at radius 3 is 2.50 bits per heavy atom. The molecule has 1 spiro atoms. The van der Waals surface area contributed by atoms with E-state index in [9.17, 15) is 4.79 Å². The van der Waals surface area contributed by atoms with Crippen molar-refractivity contribution in [1.29, 1.82) is 0 Å². The molecule has 7 nitrogen and oxygen atoms in total. The normalized spacial score (nSPS) is 29.9. The third-order valence-corrected chi connectivity index (χ3v) is 7.34. The molecule has 4 fully saturated rings. The van der Waals surface area contributed by atoms with E-state index in [-0.39, 0.29) is 11.7 Å². The van der Waals surface area contributed by atoms with Crippen molar-refractivity contribution < 1.29 is 14.3 Å². The number of rotatable bonds is 6. The molecule has 0 aliphatic carbocycles. The molecule has 28 heavy (non-hydrogen) atoms. The fourth-order valence-corrected chi connectivity index (χ4v) is 5.39. The zero-order valence-electron chi connectivity index (χ0n) is 17.8. The van der Waals surface area contributed by atoms with Gasteiger partial charge in [-0.3, -0.25) is 4.90 Å². The maximum atomic E-state index is 12.5. The van der Waals surface area contributed by atoms with Crippen molar-refractivity contribution in [3.63, 3.8) is 0 Å². The summed E-state index contributed by atoms with van der Waals surface area (Å²) in [5.74, 6) is 0. The van der Waals surface area contributed by atoms with E-state index in [4.69, 9.17) is 9.47 Å². The van der Waals surface area contributed by atoms with Gasteiger partial charge in [0.2, 0.25) is 0 Å². The summed E-state index contributed by atoms with van der Waals surface area (Å²) < 4.78 is 11.4. The monoisotopic (exact) mass is 394 g/mol. The number of amides is 1. The van der Waals surface area contributed by atoms with Crippen molar-refractivity contribution in [3.05, 3.63) is 0 Å². The molecule has 0 aromatic rings. The molecule has 4 saturated heterocycles. The number of nitrogens with zero attached hydrogens (tertiary/aromatic N) is 4. The van der Waals surface area contributed by atoms with Crippen molar-refractivity contribution in [3.8, 4) is 0 Å². The zero-order valence-corrected chi connectivity index (χ0v) is 17.8. The fourth-order valence-electron chi connectivity index (χ4n) is 5.39. The Morgan fingerprint density at radius 2 is 1.82 bits per heavy atom. The summed E-state index contributed by atoms with van der Waals surface area (Å²) in [6.07, 6.45) is 6.44. The highest BCUT2D eigenvalue weighted by atomic mass is 16.6. The first kappa shape index (κ1) is 20.4. The molecule has 0 unspecified atom stereocenters. The standard InChI is InChI=1S/C21H38N4O3/c1-22(2)19-4-11-23(16-19)9-3-10-25-17-21(28-20(25)26)7-12-24(13-8-21)18-5-14-27-15-6-18/h18-19H,3-17H2,1-2H3/t19-/m1/s1. The van der Waals surface area contributed by atoms with Gasteiger partial charge in [-0.2, -0.15) is 0 Å². The van der Waals surface area contributed by atoms with Crippen LogP contribution in [0.25, 0.3) is 0 Å². The number of carbonyl (C=O) groups excluding carboxylic acids is 1. The van der Waals surface area contributed by atoms with Crippen LogP contribution in [-0.2, 0) is 9.47 Å². The van der Waals surface area contributed by atoms with E-state index in [1.807, 2.05) is 4.90 Å². The predicted molar refractivity (Wildman–Crippen MR) is 109 cm³/mol. The summed E-state index contributed by atoms with van der Waals surface area (Å²) in [7, 11) is 4.34. The Hall–Kier alpha value is -0.890. The fraction of sp³-hybridized carbons (Fsp3) is 0.952. The highest BCUT2D eigenvalue weighted by molar-refractivity contribution is 5.70. The van der Waals surface area contributed by atoms with E-state index in [1.165, 1.54) is 13.0 Å². The van der Waals surface area contributed by atoms with E-state index in [2.05, 4.69) is 28.8 Å². The SMILES string of the molecule is CN(C)[C@@H]1CCN(CCCN2CC3(CCN(C4CCOCC4)CC3)OC2=O)C1. The van der Waals surface area contributed by atoms with Crippen molar-refractivity contribution in [2.24, 2.45) is 0 Å². The Labute approximate surface area is 169 Å². The van der Waals surface area contributed by atoms with Gasteiger partial charge in [-0.1, -0.05) is 0 Å². The number of carbonyl (C=O) groups is 1. The van der Waals surface area contributed by atoms with Crippen LogP contribution >= 0.6 is 0 Å². The van der Waals surface area contributed by atoms with Gasteiger partial charge in [0.25, 0.3) is 0 Å². The van der Waals surface area contributed by atoms with E-state index >= 15 is 0 Å². The summed E-state index contributed by atoms with van der Waals surface area (Å²) in [5.41, 5.74) is -0.234. The van der Waals surface area contributed by atoms with Gasteiger partial charge in [0.05, 0.1) is 6.54 Å². The van der Waals surface area contributed by atoms with E-state index in [0.717, 1.165) is 84.6 Å².